The molecule has 2 heterocycles. The molecule has 0 saturated carbocycles. The Hall–Kier alpha value is -1.15. The molecule has 2 rings (SSSR count). The van der Waals surface area contributed by atoms with Gasteiger partial charge in [-0.1, -0.05) is 0 Å². The van der Waals surface area contributed by atoms with Gasteiger partial charge >= 0.3 is 5.97 Å². The summed E-state index contributed by atoms with van der Waals surface area (Å²) in [5.74, 6) is -0.979. The monoisotopic (exact) mass is 332 g/mol. The number of amides is 1. The number of piperidine rings is 1. The Balaban J connectivity index is 1.95. The van der Waals surface area contributed by atoms with E-state index in [0.29, 0.717) is 19.5 Å². The lowest BCUT2D eigenvalue weighted by atomic mass is 9.76. The van der Waals surface area contributed by atoms with Gasteiger partial charge in [0, 0.05) is 26.3 Å². The van der Waals surface area contributed by atoms with Gasteiger partial charge in [-0.2, -0.15) is 0 Å². The van der Waals surface area contributed by atoms with Crippen LogP contribution >= 0.6 is 0 Å². The molecule has 0 radical (unpaired) electrons. The molecule has 0 aromatic rings. The van der Waals surface area contributed by atoms with Crippen molar-refractivity contribution in [3.63, 3.8) is 0 Å². The van der Waals surface area contributed by atoms with Crippen molar-refractivity contribution in [1.29, 1.82) is 0 Å². The summed E-state index contributed by atoms with van der Waals surface area (Å²) in [4.78, 5) is 26.6. The number of carboxylic acids is 1. The first kappa shape index (κ1) is 17.2. The van der Waals surface area contributed by atoms with E-state index < -0.39 is 21.8 Å². The zero-order valence-electron chi connectivity index (χ0n) is 13.1. The Labute approximate surface area is 131 Å². The van der Waals surface area contributed by atoms with E-state index in [1.54, 1.807) is 0 Å². The van der Waals surface area contributed by atoms with Gasteiger partial charge in [-0.05, 0) is 37.8 Å². The number of carboxylic acid groups (broad SMARTS) is 1. The molecule has 1 atom stereocenters. The van der Waals surface area contributed by atoms with Gasteiger partial charge in [0.2, 0.25) is 5.91 Å². The molecule has 1 spiro atoms. The third-order valence-electron chi connectivity index (χ3n) is 4.89. The minimum absolute atomic E-state index is 0.129. The maximum Gasteiger partial charge on any atom is 0.326 e. The number of rotatable bonds is 4. The Morgan fingerprint density at radius 3 is 2.27 bits per heavy atom. The highest BCUT2D eigenvalue weighted by atomic mass is 32.2. The first-order valence-electron chi connectivity index (χ1n) is 7.52. The molecule has 1 N–H and O–H groups in total. The Kier molecular flexibility index (Phi) is 4.81. The molecule has 0 aliphatic carbocycles. The van der Waals surface area contributed by atoms with Crippen molar-refractivity contribution in [2.45, 2.75) is 32.2 Å². The van der Waals surface area contributed by atoms with Gasteiger partial charge < -0.3 is 14.9 Å². The summed E-state index contributed by atoms with van der Waals surface area (Å²) in [6.07, 6.45) is 3.36. The van der Waals surface area contributed by atoms with E-state index in [1.165, 1.54) is 18.1 Å². The zero-order chi connectivity index (χ0) is 16.5. The van der Waals surface area contributed by atoms with Gasteiger partial charge in [0.1, 0.15) is 15.9 Å². The van der Waals surface area contributed by atoms with Crippen molar-refractivity contribution >= 4 is 21.7 Å². The second kappa shape index (κ2) is 6.16. The van der Waals surface area contributed by atoms with Crippen molar-refractivity contribution in [1.82, 2.24) is 9.80 Å². The molecule has 22 heavy (non-hydrogen) atoms. The molecule has 2 aliphatic rings. The van der Waals surface area contributed by atoms with Crippen LogP contribution in [0, 0.1) is 5.41 Å². The van der Waals surface area contributed by atoms with Crippen LogP contribution in [0.15, 0.2) is 0 Å². The van der Waals surface area contributed by atoms with E-state index in [0.717, 1.165) is 25.9 Å². The van der Waals surface area contributed by atoms with E-state index in [9.17, 15) is 23.1 Å². The largest absolute Gasteiger partial charge is 0.480 e. The number of hydrogen-bond acceptors (Lipinski definition) is 5. The van der Waals surface area contributed by atoms with Crippen LogP contribution in [0.25, 0.3) is 0 Å². The highest BCUT2D eigenvalue weighted by Crippen LogP contribution is 2.43. The van der Waals surface area contributed by atoms with E-state index in [-0.39, 0.29) is 17.1 Å². The summed E-state index contributed by atoms with van der Waals surface area (Å²) < 4.78 is 22.4. The van der Waals surface area contributed by atoms with Crippen LogP contribution in [-0.2, 0) is 19.4 Å². The summed E-state index contributed by atoms with van der Waals surface area (Å²) >= 11 is 0. The van der Waals surface area contributed by atoms with Crippen molar-refractivity contribution in [2.75, 3.05) is 38.2 Å². The molecule has 0 aromatic carbocycles. The van der Waals surface area contributed by atoms with Gasteiger partial charge in [0.25, 0.3) is 0 Å². The number of carbonyl (C=O) groups is 2. The van der Waals surface area contributed by atoms with E-state index >= 15 is 0 Å². The molecule has 8 heteroatoms. The van der Waals surface area contributed by atoms with E-state index in [1.807, 2.05) is 0 Å². The van der Waals surface area contributed by atoms with Crippen molar-refractivity contribution < 1.29 is 23.1 Å². The number of sulfone groups is 1. The molecule has 2 saturated heterocycles. The van der Waals surface area contributed by atoms with Crippen LogP contribution in [-0.4, -0.2) is 79.4 Å². The molecule has 1 unspecified atom stereocenters. The average Bonchev–Trinajstić information content (AvgIpc) is 2.77. The number of likely N-dealkylation sites (tertiary alicyclic amines) is 2. The minimum atomic E-state index is -2.96. The predicted octanol–water partition coefficient (Wildman–Crippen LogP) is -0.181. The molecule has 1 amide bonds. The molecule has 7 nitrogen and oxygen atoms in total. The maximum absolute atomic E-state index is 11.6. The fourth-order valence-electron chi connectivity index (χ4n) is 3.52. The van der Waals surface area contributed by atoms with Crippen molar-refractivity contribution in [2.24, 2.45) is 5.41 Å². The zero-order valence-corrected chi connectivity index (χ0v) is 13.9. The first-order valence-corrected chi connectivity index (χ1v) is 9.58. The van der Waals surface area contributed by atoms with Gasteiger partial charge in [-0.25, -0.2) is 13.2 Å². The molecule has 0 bridgehead atoms. The van der Waals surface area contributed by atoms with Crippen LogP contribution in [0.1, 0.15) is 26.2 Å². The molecule has 2 fully saturated rings. The SMILES string of the molecule is CC(=O)N1CC2(CCN(CCS(C)(=O)=O)CC2)CC1C(=O)O. The second-order valence-corrected chi connectivity index (χ2v) is 8.94. The van der Waals surface area contributed by atoms with Crippen LogP contribution in [0.2, 0.25) is 0 Å². The summed E-state index contributed by atoms with van der Waals surface area (Å²) in [6.45, 7) is 3.95. The van der Waals surface area contributed by atoms with Gasteiger partial charge in [-0.3, -0.25) is 4.79 Å². The van der Waals surface area contributed by atoms with Crippen LogP contribution in [0.3, 0.4) is 0 Å². The van der Waals surface area contributed by atoms with Crippen LogP contribution in [0.4, 0.5) is 0 Å². The number of nitrogens with zero attached hydrogens (tertiary/aromatic N) is 2. The van der Waals surface area contributed by atoms with Gasteiger partial charge in [0.05, 0.1) is 5.75 Å². The minimum Gasteiger partial charge on any atom is -0.480 e. The summed E-state index contributed by atoms with van der Waals surface area (Å²) in [5.41, 5.74) is -0.129. The number of carbonyl (C=O) groups excluding carboxylic acids is 1. The second-order valence-electron chi connectivity index (χ2n) is 6.68. The topological polar surface area (TPSA) is 95.0 Å². The standard InChI is InChI=1S/C14H24N2O5S/c1-11(17)16-10-14(9-12(16)13(18)19)3-5-15(6-4-14)7-8-22(2,20)21/h12H,3-10H2,1-2H3,(H,18,19). The number of aliphatic carboxylic acids is 1. The van der Waals surface area contributed by atoms with Crippen molar-refractivity contribution in [3.8, 4) is 0 Å². The predicted molar refractivity (Wildman–Crippen MR) is 81.2 cm³/mol. The first-order chi connectivity index (χ1) is 10.1. The summed E-state index contributed by atoms with van der Waals surface area (Å²) in [6, 6.07) is -0.722. The lowest BCUT2D eigenvalue weighted by molar-refractivity contribution is -0.147. The maximum atomic E-state index is 11.6. The van der Waals surface area contributed by atoms with Crippen LogP contribution in [0.5, 0.6) is 0 Å². The normalized spacial score (nSPS) is 25.5. The van der Waals surface area contributed by atoms with Gasteiger partial charge in [-0.15, -0.1) is 0 Å². The average molecular weight is 332 g/mol. The lowest BCUT2D eigenvalue weighted by Gasteiger charge is -2.39. The lowest BCUT2D eigenvalue weighted by Crippen LogP contribution is -2.43. The molecular formula is C14H24N2O5S. The third kappa shape index (κ3) is 3.98. The number of hydrogen-bond donors (Lipinski definition) is 1. The Morgan fingerprint density at radius 2 is 1.86 bits per heavy atom. The van der Waals surface area contributed by atoms with Crippen LogP contribution < -0.4 is 0 Å². The third-order valence-corrected chi connectivity index (χ3v) is 5.82. The fraction of sp³-hybridized carbons (Fsp3) is 0.857. The summed E-state index contributed by atoms with van der Waals surface area (Å²) in [7, 11) is -2.96. The van der Waals surface area contributed by atoms with E-state index in [2.05, 4.69) is 4.90 Å². The highest BCUT2D eigenvalue weighted by molar-refractivity contribution is 7.90. The summed E-state index contributed by atoms with van der Waals surface area (Å²) in [5, 5.41) is 9.30. The molecule has 2 aliphatic heterocycles. The van der Waals surface area contributed by atoms with Gasteiger partial charge in [0.15, 0.2) is 0 Å². The smallest absolute Gasteiger partial charge is 0.326 e. The Bertz CT molecular complexity index is 528. The fourth-order valence-corrected chi connectivity index (χ4v) is 4.11. The quantitative estimate of drug-likeness (QED) is 0.767. The molecule has 0 aromatic heterocycles. The molecule has 126 valence electrons. The molecular weight excluding hydrogens is 308 g/mol. The highest BCUT2D eigenvalue weighted by Gasteiger charge is 2.48. The van der Waals surface area contributed by atoms with E-state index in [4.69, 9.17) is 0 Å². The Morgan fingerprint density at radius 1 is 1.27 bits per heavy atom. The van der Waals surface area contributed by atoms with Crippen molar-refractivity contribution in [3.05, 3.63) is 0 Å².